The third-order valence-electron chi connectivity index (χ3n) is 4.67. The van der Waals surface area contributed by atoms with Crippen LogP contribution < -0.4 is 10.2 Å². The van der Waals surface area contributed by atoms with Gasteiger partial charge in [-0.25, -0.2) is 0 Å². The summed E-state index contributed by atoms with van der Waals surface area (Å²) < 4.78 is 0. The van der Waals surface area contributed by atoms with E-state index in [2.05, 4.69) is 41.4 Å². The van der Waals surface area contributed by atoms with Gasteiger partial charge in [0.15, 0.2) is 0 Å². The Morgan fingerprint density at radius 2 is 2.00 bits per heavy atom. The van der Waals surface area contributed by atoms with Gasteiger partial charge in [-0.3, -0.25) is 4.79 Å². The van der Waals surface area contributed by atoms with Gasteiger partial charge < -0.3 is 15.1 Å². The first-order valence-corrected chi connectivity index (χ1v) is 8.05. The predicted molar refractivity (Wildman–Crippen MR) is 85.3 cm³/mol. The molecule has 1 N–H and O–H groups in total. The van der Waals surface area contributed by atoms with Crippen LogP contribution in [0.4, 0.5) is 5.69 Å². The summed E-state index contributed by atoms with van der Waals surface area (Å²) in [5.74, 6) is 1.04. The fourth-order valence-electron chi connectivity index (χ4n) is 3.21. The molecule has 1 aromatic rings. The number of fused-ring (bicyclic) bond motifs is 1. The number of rotatable bonds is 2. The predicted octanol–water partition coefficient (Wildman–Crippen LogP) is 1.85. The van der Waals surface area contributed by atoms with E-state index in [1.54, 1.807) is 0 Å². The second kappa shape index (κ2) is 6.48. The lowest BCUT2D eigenvalue weighted by molar-refractivity contribution is -0.131. The van der Waals surface area contributed by atoms with Crippen molar-refractivity contribution < 1.29 is 4.79 Å². The van der Waals surface area contributed by atoms with Crippen molar-refractivity contribution >= 4 is 11.6 Å². The Kier molecular flexibility index (Phi) is 4.44. The minimum Gasteiger partial charge on any atom is -0.361 e. The molecule has 21 heavy (non-hydrogen) atoms. The van der Waals surface area contributed by atoms with Crippen LogP contribution in [0.1, 0.15) is 25.3 Å². The van der Waals surface area contributed by atoms with E-state index >= 15 is 0 Å². The number of anilines is 1. The summed E-state index contributed by atoms with van der Waals surface area (Å²) in [5.41, 5.74) is 2.50. The molecule has 0 bridgehead atoms. The van der Waals surface area contributed by atoms with E-state index in [0.717, 1.165) is 51.5 Å². The molecule has 2 aliphatic rings. The molecule has 2 aliphatic heterocycles. The highest BCUT2D eigenvalue weighted by atomic mass is 16.2. The molecular weight excluding hydrogens is 262 g/mol. The van der Waals surface area contributed by atoms with Crippen LogP contribution in [0.5, 0.6) is 0 Å². The molecule has 1 amide bonds. The third-order valence-corrected chi connectivity index (χ3v) is 4.67. The zero-order valence-corrected chi connectivity index (χ0v) is 12.8. The Labute approximate surface area is 127 Å². The van der Waals surface area contributed by atoms with Crippen LogP contribution in [-0.4, -0.2) is 43.5 Å². The second-order valence-corrected chi connectivity index (χ2v) is 6.29. The number of benzene rings is 1. The second-order valence-electron chi connectivity index (χ2n) is 6.29. The average Bonchev–Trinajstić information content (AvgIpc) is 2.71. The van der Waals surface area contributed by atoms with E-state index in [-0.39, 0.29) is 5.91 Å². The van der Waals surface area contributed by atoms with E-state index < -0.39 is 0 Å². The fourth-order valence-corrected chi connectivity index (χ4v) is 3.21. The minimum absolute atomic E-state index is 0.276. The number of nitrogens with one attached hydrogen (secondary N) is 1. The Balaban J connectivity index is 1.68. The molecule has 0 unspecified atom stereocenters. The van der Waals surface area contributed by atoms with Gasteiger partial charge in [0, 0.05) is 38.4 Å². The zero-order chi connectivity index (χ0) is 14.7. The van der Waals surface area contributed by atoms with E-state index in [1.165, 1.54) is 11.3 Å². The number of carbonyl (C=O) groups is 1. The molecule has 3 rings (SSSR count). The molecule has 1 saturated heterocycles. The van der Waals surface area contributed by atoms with Gasteiger partial charge in [0.25, 0.3) is 0 Å². The minimum atomic E-state index is 0.276. The molecule has 2 heterocycles. The van der Waals surface area contributed by atoms with Gasteiger partial charge in [-0.2, -0.15) is 0 Å². The van der Waals surface area contributed by atoms with E-state index in [0.29, 0.717) is 6.54 Å². The highest BCUT2D eigenvalue weighted by Gasteiger charge is 2.23. The van der Waals surface area contributed by atoms with Crippen molar-refractivity contribution in [3.8, 4) is 0 Å². The molecule has 4 heteroatoms. The van der Waals surface area contributed by atoms with Gasteiger partial charge in [0.05, 0.1) is 6.54 Å². The van der Waals surface area contributed by atoms with Gasteiger partial charge in [-0.1, -0.05) is 25.1 Å². The summed E-state index contributed by atoms with van der Waals surface area (Å²) >= 11 is 0. The van der Waals surface area contributed by atoms with Crippen molar-refractivity contribution in [2.24, 2.45) is 5.92 Å². The summed E-state index contributed by atoms with van der Waals surface area (Å²) in [4.78, 5) is 16.8. The topological polar surface area (TPSA) is 35.6 Å². The van der Waals surface area contributed by atoms with Crippen LogP contribution in [0.25, 0.3) is 0 Å². The van der Waals surface area contributed by atoms with E-state index in [1.807, 2.05) is 4.90 Å². The lowest BCUT2D eigenvalue weighted by Crippen LogP contribution is -2.44. The lowest BCUT2D eigenvalue weighted by atomic mass is 9.99. The summed E-state index contributed by atoms with van der Waals surface area (Å²) in [6, 6.07) is 8.41. The van der Waals surface area contributed by atoms with Crippen LogP contribution in [-0.2, 0) is 11.3 Å². The summed E-state index contributed by atoms with van der Waals surface area (Å²) in [7, 11) is 0. The quantitative estimate of drug-likeness (QED) is 0.902. The van der Waals surface area contributed by atoms with Crippen molar-refractivity contribution in [3.05, 3.63) is 29.8 Å². The molecule has 0 aliphatic carbocycles. The van der Waals surface area contributed by atoms with Crippen molar-refractivity contribution in [1.29, 1.82) is 0 Å². The van der Waals surface area contributed by atoms with Crippen molar-refractivity contribution in [1.82, 2.24) is 10.2 Å². The first kappa shape index (κ1) is 14.4. The number of piperidine rings is 1. The Hall–Kier alpha value is -1.55. The number of carbonyl (C=O) groups excluding carboxylic acids is 1. The number of nitrogens with zero attached hydrogens (tertiary/aromatic N) is 2. The van der Waals surface area contributed by atoms with Crippen LogP contribution in [0, 0.1) is 5.92 Å². The maximum absolute atomic E-state index is 12.6. The average molecular weight is 287 g/mol. The first-order valence-electron chi connectivity index (χ1n) is 8.05. The zero-order valence-electron chi connectivity index (χ0n) is 12.8. The highest BCUT2D eigenvalue weighted by molar-refractivity contribution is 5.82. The molecule has 1 aromatic carbocycles. The Morgan fingerprint density at radius 1 is 1.24 bits per heavy atom. The van der Waals surface area contributed by atoms with Gasteiger partial charge in [-0.05, 0) is 30.4 Å². The maximum Gasteiger partial charge on any atom is 0.242 e. The van der Waals surface area contributed by atoms with Gasteiger partial charge in [-0.15, -0.1) is 0 Å². The molecular formula is C17H25N3O. The van der Waals surface area contributed by atoms with Gasteiger partial charge in [0.1, 0.15) is 0 Å². The molecule has 0 aromatic heterocycles. The molecule has 1 fully saturated rings. The highest BCUT2D eigenvalue weighted by Crippen LogP contribution is 2.22. The fraction of sp³-hybridized carbons (Fsp3) is 0.588. The van der Waals surface area contributed by atoms with Crippen LogP contribution in [0.3, 0.4) is 0 Å². The van der Waals surface area contributed by atoms with Crippen molar-refractivity contribution in [2.75, 3.05) is 37.6 Å². The third kappa shape index (κ3) is 3.38. The van der Waals surface area contributed by atoms with Crippen LogP contribution >= 0.6 is 0 Å². The number of hydrogen-bond donors (Lipinski definition) is 1. The Morgan fingerprint density at radius 3 is 2.81 bits per heavy atom. The van der Waals surface area contributed by atoms with Crippen LogP contribution in [0.2, 0.25) is 0 Å². The maximum atomic E-state index is 12.6. The summed E-state index contributed by atoms with van der Waals surface area (Å²) in [6.07, 6.45) is 2.29. The SMILES string of the molecule is CC1CCN(C(=O)CN2CCNCc3ccccc32)CC1. The Bertz CT molecular complexity index is 495. The molecule has 114 valence electrons. The number of para-hydroxylation sites is 1. The van der Waals surface area contributed by atoms with Crippen molar-refractivity contribution in [2.45, 2.75) is 26.3 Å². The molecule has 0 radical (unpaired) electrons. The smallest absolute Gasteiger partial charge is 0.242 e. The normalized spacial score (nSPS) is 20.0. The molecule has 4 nitrogen and oxygen atoms in total. The van der Waals surface area contributed by atoms with E-state index in [9.17, 15) is 4.79 Å². The number of hydrogen-bond acceptors (Lipinski definition) is 3. The lowest BCUT2D eigenvalue weighted by Gasteiger charge is -2.33. The van der Waals surface area contributed by atoms with Gasteiger partial charge >= 0.3 is 0 Å². The summed E-state index contributed by atoms with van der Waals surface area (Å²) in [6.45, 7) is 7.35. The first-order chi connectivity index (χ1) is 10.2. The monoisotopic (exact) mass is 287 g/mol. The van der Waals surface area contributed by atoms with E-state index in [4.69, 9.17) is 0 Å². The van der Waals surface area contributed by atoms with Crippen molar-refractivity contribution in [3.63, 3.8) is 0 Å². The molecule has 0 atom stereocenters. The van der Waals surface area contributed by atoms with Gasteiger partial charge in [0.2, 0.25) is 5.91 Å². The number of likely N-dealkylation sites (tertiary alicyclic amines) is 1. The standard InChI is InChI=1S/C17H25N3O/c1-14-6-9-19(10-7-14)17(21)13-20-11-8-18-12-15-4-2-3-5-16(15)20/h2-5,14,18H,6-13H2,1H3. The summed E-state index contributed by atoms with van der Waals surface area (Å²) in [5, 5.41) is 3.43. The van der Waals surface area contributed by atoms with Crippen LogP contribution in [0.15, 0.2) is 24.3 Å². The largest absolute Gasteiger partial charge is 0.361 e. The molecule has 0 saturated carbocycles. The molecule has 0 spiro atoms. The number of amides is 1.